The van der Waals surface area contributed by atoms with Gasteiger partial charge in [-0.15, -0.1) is 0 Å². The number of carbonyl (C=O) groups excluding carboxylic acids is 1. The van der Waals surface area contributed by atoms with E-state index < -0.39 is 11.6 Å². The van der Waals surface area contributed by atoms with Gasteiger partial charge in [-0.05, 0) is 6.07 Å². The summed E-state index contributed by atoms with van der Waals surface area (Å²) in [7, 11) is 0. The van der Waals surface area contributed by atoms with E-state index in [1.807, 2.05) is 25.1 Å². The molecule has 0 aliphatic carbocycles. The lowest BCUT2D eigenvalue weighted by Crippen LogP contribution is -2.41. The lowest BCUT2D eigenvalue weighted by atomic mass is 9.93. The SMILES string of the molecule is CCc1nc(-c2ccc3c(c2)OC[C@@]32COC(=O)N2)no1. The van der Waals surface area contributed by atoms with Crippen LogP contribution in [0.2, 0.25) is 0 Å². The molecular weight excluding hydrogens is 274 g/mol. The van der Waals surface area contributed by atoms with Crippen LogP contribution in [-0.2, 0) is 16.7 Å². The van der Waals surface area contributed by atoms with Gasteiger partial charge < -0.3 is 19.3 Å². The first kappa shape index (κ1) is 12.2. The number of aromatic nitrogens is 2. The van der Waals surface area contributed by atoms with Crippen molar-refractivity contribution in [3.8, 4) is 17.1 Å². The van der Waals surface area contributed by atoms with E-state index in [1.165, 1.54) is 0 Å². The van der Waals surface area contributed by atoms with E-state index in [0.29, 0.717) is 30.5 Å². The van der Waals surface area contributed by atoms with Gasteiger partial charge in [0.1, 0.15) is 24.5 Å². The molecule has 0 radical (unpaired) electrons. The van der Waals surface area contributed by atoms with Gasteiger partial charge in [0, 0.05) is 17.5 Å². The van der Waals surface area contributed by atoms with Crippen LogP contribution in [0.5, 0.6) is 5.75 Å². The predicted molar refractivity (Wildman–Crippen MR) is 70.8 cm³/mol. The molecule has 2 aliphatic rings. The van der Waals surface area contributed by atoms with Crippen molar-refractivity contribution in [3.63, 3.8) is 0 Å². The predicted octanol–water partition coefficient (Wildman–Crippen LogP) is 1.63. The summed E-state index contributed by atoms with van der Waals surface area (Å²) in [5, 5.41) is 6.77. The lowest BCUT2D eigenvalue weighted by Gasteiger charge is -2.18. The number of ether oxygens (including phenoxy) is 2. The number of cyclic esters (lactones) is 1. The molecule has 108 valence electrons. The minimum atomic E-state index is -0.573. The molecule has 21 heavy (non-hydrogen) atoms. The van der Waals surface area contributed by atoms with Crippen LogP contribution in [0.1, 0.15) is 18.4 Å². The summed E-state index contributed by atoms with van der Waals surface area (Å²) in [6.07, 6.45) is 0.280. The number of amides is 1. The van der Waals surface area contributed by atoms with Crippen LogP contribution < -0.4 is 10.1 Å². The standard InChI is InChI=1S/C14H13N3O4/c1-2-11-15-12(17-21-11)8-3-4-9-10(5-8)19-6-14(9)7-20-13(18)16-14/h3-5H,2,6-7H2,1H3,(H,16,18)/t14-/m1/s1. The third-order valence-electron chi connectivity index (χ3n) is 3.79. The first-order chi connectivity index (χ1) is 10.2. The van der Waals surface area contributed by atoms with E-state index in [1.54, 1.807) is 0 Å². The summed E-state index contributed by atoms with van der Waals surface area (Å²) in [5.74, 6) is 1.84. The number of alkyl carbamates (subject to hydrolysis) is 1. The Morgan fingerprint density at radius 1 is 1.33 bits per heavy atom. The van der Waals surface area contributed by atoms with E-state index in [9.17, 15) is 4.79 Å². The topological polar surface area (TPSA) is 86.5 Å². The third-order valence-corrected chi connectivity index (χ3v) is 3.79. The monoisotopic (exact) mass is 287 g/mol. The maximum Gasteiger partial charge on any atom is 0.408 e. The maximum absolute atomic E-state index is 11.3. The molecule has 4 rings (SSSR count). The van der Waals surface area contributed by atoms with Gasteiger partial charge in [-0.3, -0.25) is 0 Å². The quantitative estimate of drug-likeness (QED) is 0.903. The van der Waals surface area contributed by atoms with Crippen molar-refractivity contribution in [3.05, 3.63) is 29.7 Å². The second kappa shape index (κ2) is 4.21. The van der Waals surface area contributed by atoms with Crippen LogP contribution in [-0.4, -0.2) is 29.4 Å². The highest BCUT2D eigenvalue weighted by Gasteiger charge is 2.47. The van der Waals surface area contributed by atoms with E-state index in [2.05, 4.69) is 15.5 Å². The van der Waals surface area contributed by atoms with Gasteiger partial charge in [-0.2, -0.15) is 4.98 Å². The molecule has 1 spiro atoms. The van der Waals surface area contributed by atoms with Gasteiger partial charge in [0.2, 0.25) is 11.7 Å². The summed E-state index contributed by atoms with van der Waals surface area (Å²) >= 11 is 0. The zero-order valence-electron chi connectivity index (χ0n) is 11.4. The summed E-state index contributed by atoms with van der Waals surface area (Å²) in [4.78, 5) is 15.6. The average molecular weight is 287 g/mol. The van der Waals surface area contributed by atoms with Crippen molar-refractivity contribution in [2.75, 3.05) is 13.2 Å². The zero-order valence-corrected chi connectivity index (χ0v) is 11.4. The molecule has 1 saturated heterocycles. The first-order valence-electron chi connectivity index (χ1n) is 6.75. The third kappa shape index (κ3) is 1.77. The number of benzene rings is 1. The Bertz CT molecular complexity index is 727. The molecule has 7 heteroatoms. The first-order valence-corrected chi connectivity index (χ1v) is 6.75. The minimum absolute atomic E-state index is 0.278. The molecule has 1 fully saturated rings. The second-order valence-corrected chi connectivity index (χ2v) is 5.15. The largest absolute Gasteiger partial charge is 0.490 e. The number of aryl methyl sites for hydroxylation is 1. The molecule has 0 unspecified atom stereocenters. The highest BCUT2D eigenvalue weighted by Crippen LogP contribution is 2.41. The number of nitrogens with zero attached hydrogens (tertiary/aromatic N) is 2. The van der Waals surface area contributed by atoms with E-state index in [0.717, 1.165) is 11.1 Å². The molecule has 2 aromatic rings. The van der Waals surface area contributed by atoms with Gasteiger partial charge in [0.25, 0.3) is 0 Å². The lowest BCUT2D eigenvalue weighted by molar-refractivity contribution is 0.167. The molecule has 1 atom stereocenters. The Hall–Kier alpha value is -2.57. The van der Waals surface area contributed by atoms with Crippen molar-refractivity contribution in [1.29, 1.82) is 0 Å². The molecule has 0 bridgehead atoms. The van der Waals surface area contributed by atoms with Crippen molar-refractivity contribution in [2.24, 2.45) is 0 Å². The fraction of sp³-hybridized carbons (Fsp3) is 0.357. The Balaban J connectivity index is 1.71. The van der Waals surface area contributed by atoms with Crippen molar-refractivity contribution in [1.82, 2.24) is 15.5 Å². The second-order valence-electron chi connectivity index (χ2n) is 5.15. The Morgan fingerprint density at radius 3 is 2.90 bits per heavy atom. The summed E-state index contributed by atoms with van der Waals surface area (Å²) in [6, 6.07) is 5.66. The normalized spacial score (nSPS) is 22.8. The van der Waals surface area contributed by atoms with Crippen molar-refractivity contribution >= 4 is 6.09 Å². The van der Waals surface area contributed by atoms with Gasteiger partial charge in [0.15, 0.2) is 0 Å². The molecule has 2 aliphatic heterocycles. The smallest absolute Gasteiger partial charge is 0.408 e. The van der Waals surface area contributed by atoms with Gasteiger partial charge in [-0.25, -0.2) is 4.79 Å². The number of hydrogen-bond donors (Lipinski definition) is 1. The van der Waals surface area contributed by atoms with E-state index in [-0.39, 0.29) is 6.61 Å². The Kier molecular flexibility index (Phi) is 2.44. The average Bonchev–Trinajstić information content (AvgIpc) is 3.19. The number of nitrogens with one attached hydrogen (secondary N) is 1. The van der Waals surface area contributed by atoms with Gasteiger partial charge >= 0.3 is 6.09 Å². The molecule has 7 nitrogen and oxygen atoms in total. The van der Waals surface area contributed by atoms with Crippen LogP contribution in [0.4, 0.5) is 4.79 Å². The number of fused-ring (bicyclic) bond motifs is 2. The Morgan fingerprint density at radius 2 is 2.19 bits per heavy atom. The molecule has 1 aromatic carbocycles. The number of hydrogen-bond acceptors (Lipinski definition) is 6. The molecule has 1 amide bonds. The van der Waals surface area contributed by atoms with E-state index >= 15 is 0 Å². The van der Waals surface area contributed by atoms with E-state index in [4.69, 9.17) is 14.0 Å². The zero-order chi connectivity index (χ0) is 14.4. The maximum atomic E-state index is 11.3. The Labute approximate surface area is 120 Å². The van der Waals surface area contributed by atoms with Gasteiger partial charge in [0.05, 0.1) is 0 Å². The summed E-state index contributed by atoms with van der Waals surface area (Å²) in [5.41, 5.74) is 1.16. The van der Waals surface area contributed by atoms with Gasteiger partial charge in [-0.1, -0.05) is 24.2 Å². The fourth-order valence-electron chi connectivity index (χ4n) is 2.65. The highest BCUT2D eigenvalue weighted by atomic mass is 16.6. The van der Waals surface area contributed by atoms with Crippen LogP contribution in [0.3, 0.4) is 0 Å². The van der Waals surface area contributed by atoms with Crippen molar-refractivity contribution in [2.45, 2.75) is 18.9 Å². The van der Waals surface area contributed by atoms with Crippen molar-refractivity contribution < 1.29 is 18.8 Å². The molecule has 3 heterocycles. The summed E-state index contributed by atoms with van der Waals surface area (Å²) in [6.45, 7) is 2.60. The minimum Gasteiger partial charge on any atom is -0.490 e. The molecule has 1 N–H and O–H groups in total. The van der Waals surface area contributed by atoms with Crippen LogP contribution in [0.15, 0.2) is 22.7 Å². The number of rotatable bonds is 2. The molecule has 0 saturated carbocycles. The molecule has 1 aromatic heterocycles. The highest BCUT2D eigenvalue weighted by molar-refractivity contribution is 5.73. The van der Waals surface area contributed by atoms with Crippen LogP contribution in [0, 0.1) is 0 Å². The number of carbonyl (C=O) groups is 1. The van der Waals surface area contributed by atoms with Crippen LogP contribution in [0.25, 0.3) is 11.4 Å². The fourth-order valence-corrected chi connectivity index (χ4v) is 2.65. The summed E-state index contributed by atoms with van der Waals surface area (Å²) < 4.78 is 15.8. The molecular formula is C14H13N3O4. The van der Waals surface area contributed by atoms with Crippen LogP contribution >= 0.6 is 0 Å².